The fraction of sp³-hybridized carbons (Fsp3) is 0.529. The minimum absolute atomic E-state index is 0.0756. The molecule has 1 heterocycles. The van der Waals surface area contributed by atoms with Crippen molar-refractivity contribution in [3.63, 3.8) is 0 Å². The zero-order valence-corrected chi connectivity index (χ0v) is 12.9. The second-order valence-corrected chi connectivity index (χ2v) is 5.35. The van der Waals surface area contributed by atoms with Crippen LogP contribution in [0.5, 0.6) is 6.08 Å². The van der Waals surface area contributed by atoms with Crippen LogP contribution < -0.4 is 10.4 Å². The van der Waals surface area contributed by atoms with Gasteiger partial charge in [0.1, 0.15) is 0 Å². The molecule has 2 aromatic rings. The van der Waals surface area contributed by atoms with Crippen molar-refractivity contribution >= 4 is 10.9 Å². The summed E-state index contributed by atoms with van der Waals surface area (Å²) in [6.45, 7) is 4.62. The van der Waals surface area contributed by atoms with E-state index in [1.165, 1.54) is 25.7 Å². The van der Waals surface area contributed by atoms with E-state index >= 15 is 0 Å². The van der Waals surface area contributed by atoms with Gasteiger partial charge in [-0.15, -0.1) is 0 Å². The van der Waals surface area contributed by atoms with Crippen LogP contribution in [0.3, 0.4) is 0 Å². The molecule has 1 aromatic heterocycles. The first-order valence-corrected chi connectivity index (χ1v) is 7.75. The molecular formula is C17H23NO3. The second-order valence-electron chi connectivity index (χ2n) is 5.35. The van der Waals surface area contributed by atoms with Crippen molar-refractivity contribution in [1.29, 1.82) is 0 Å². The Kier molecular flexibility index (Phi) is 5.78. The van der Waals surface area contributed by atoms with Crippen LogP contribution in [0, 0.1) is 6.92 Å². The quantitative estimate of drug-likeness (QED) is 0.682. The van der Waals surface area contributed by atoms with Gasteiger partial charge in [0.25, 0.3) is 0 Å². The highest BCUT2D eigenvalue weighted by Crippen LogP contribution is 2.16. The number of nitrogens with zero attached hydrogens (tertiary/aromatic N) is 1. The fourth-order valence-corrected chi connectivity index (χ4v) is 2.37. The molecular weight excluding hydrogens is 266 g/mol. The minimum Gasteiger partial charge on any atom is -0.450 e. The molecule has 4 heteroatoms. The molecule has 0 amide bonds. The van der Waals surface area contributed by atoms with Crippen molar-refractivity contribution in [3.05, 3.63) is 34.2 Å². The lowest BCUT2D eigenvalue weighted by molar-refractivity contribution is 0.211. The summed E-state index contributed by atoms with van der Waals surface area (Å²) in [4.78, 5) is 16.2. The third kappa shape index (κ3) is 4.31. The Bertz CT molecular complexity index is 633. The van der Waals surface area contributed by atoms with Gasteiger partial charge in [-0.05, 0) is 25.0 Å². The molecule has 0 aliphatic rings. The topological polar surface area (TPSA) is 52.3 Å². The van der Waals surface area contributed by atoms with Crippen molar-refractivity contribution in [2.75, 3.05) is 6.61 Å². The highest BCUT2D eigenvalue weighted by Gasteiger charge is 2.08. The number of hydrogen-bond acceptors (Lipinski definition) is 4. The molecule has 0 fully saturated rings. The molecule has 0 saturated carbocycles. The van der Waals surface area contributed by atoms with E-state index in [-0.39, 0.29) is 11.7 Å². The molecule has 2 rings (SSSR count). The predicted molar refractivity (Wildman–Crippen MR) is 83.9 cm³/mol. The molecule has 21 heavy (non-hydrogen) atoms. The van der Waals surface area contributed by atoms with Gasteiger partial charge in [0.2, 0.25) is 0 Å². The molecule has 4 nitrogen and oxygen atoms in total. The van der Waals surface area contributed by atoms with Crippen LogP contribution in [0.4, 0.5) is 0 Å². The van der Waals surface area contributed by atoms with E-state index in [1.807, 2.05) is 19.1 Å². The Hall–Kier alpha value is -1.84. The number of benzene rings is 1. The van der Waals surface area contributed by atoms with Crippen LogP contribution in [-0.4, -0.2) is 11.6 Å². The standard InChI is InChI=1S/C17H23NO3/c1-3-4-5-6-7-8-12-20-17-18-14-11-9-10-13(2)15(14)16(19)21-17/h9-11H,3-8,12H2,1-2H3. The van der Waals surface area contributed by atoms with Crippen LogP contribution in [-0.2, 0) is 0 Å². The maximum absolute atomic E-state index is 11.9. The first kappa shape index (κ1) is 15.5. The molecule has 0 N–H and O–H groups in total. The number of aryl methyl sites for hydroxylation is 1. The van der Waals surface area contributed by atoms with Gasteiger partial charge < -0.3 is 9.15 Å². The molecule has 0 saturated heterocycles. The van der Waals surface area contributed by atoms with Gasteiger partial charge in [-0.3, -0.25) is 0 Å². The molecule has 0 radical (unpaired) electrons. The van der Waals surface area contributed by atoms with Crippen LogP contribution in [0.2, 0.25) is 0 Å². The van der Waals surface area contributed by atoms with E-state index in [0.29, 0.717) is 17.5 Å². The lowest BCUT2D eigenvalue weighted by Crippen LogP contribution is -2.07. The summed E-state index contributed by atoms with van der Waals surface area (Å²) in [6.07, 6.45) is 7.22. The van der Waals surface area contributed by atoms with Crippen molar-refractivity contribution in [2.24, 2.45) is 0 Å². The van der Waals surface area contributed by atoms with E-state index < -0.39 is 0 Å². The Morgan fingerprint density at radius 2 is 1.90 bits per heavy atom. The van der Waals surface area contributed by atoms with E-state index in [2.05, 4.69) is 11.9 Å². The molecule has 0 unspecified atom stereocenters. The van der Waals surface area contributed by atoms with E-state index in [4.69, 9.17) is 9.15 Å². The van der Waals surface area contributed by atoms with Crippen molar-refractivity contribution in [3.8, 4) is 6.08 Å². The van der Waals surface area contributed by atoms with Gasteiger partial charge >= 0.3 is 11.7 Å². The number of ether oxygens (including phenoxy) is 1. The van der Waals surface area contributed by atoms with Crippen molar-refractivity contribution < 1.29 is 9.15 Å². The van der Waals surface area contributed by atoms with Crippen LogP contribution in [0.1, 0.15) is 51.0 Å². The molecule has 114 valence electrons. The zero-order valence-electron chi connectivity index (χ0n) is 12.9. The maximum atomic E-state index is 11.9. The Morgan fingerprint density at radius 1 is 1.14 bits per heavy atom. The average Bonchev–Trinajstić information content (AvgIpc) is 2.46. The summed E-state index contributed by atoms with van der Waals surface area (Å²) in [7, 11) is 0. The predicted octanol–water partition coefficient (Wildman–Crippen LogP) is 4.24. The van der Waals surface area contributed by atoms with Crippen molar-refractivity contribution in [1.82, 2.24) is 4.98 Å². The Labute approximate surface area is 125 Å². The van der Waals surface area contributed by atoms with Gasteiger partial charge in [-0.2, -0.15) is 4.98 Å². The van der Waals surface area contributed by atoms with Crippen LogP contribution in [0.25, 0.3) is 10.9 Å². The number of aromatic nitrogens is 1. The summed E-state index contributed by atoms with van der Waals surface area (Å²) in [5.41, 5.74) is 1.12. The number of unbranched alkanes of at least 4 members (excludes halogenated alkanes) is 5. The molecule has 1 aromatic carbocycles. The molecule has 0 atom stereocenters. The Balaban J connectivity index is 1.90. The number of rotatable bonds is 8. The van der Waals surface area contributed by atoms with E-state index in [9.17, 15) is 4.79 Å². The summed E-state index contributed by atoms with van der Waals surface area (Å²) in [5.74, 6) is 0. The van der Waals surface area contributed by atoms with Gasteiger partial charge in [-0.25, -0.2) is 4.79 Å². The third-order valence-corrected chi connectivity index (χ3v) is 3.57. The first-order valence-electron chi connectivity index (χ1n) is 7.75. The average molecular weight is 289 g/mol. The van der Waals surface area contributed by atoms with Crippen molar-refractivity contribution in [2.45, 2.75) is 52.4 Å². The summed E-state index contributed by atoms with van der Waals surface area (Å²) in [6, 6.07) is 5.55. The van der Waals surface area contributed by atoms with Gasteiger partial charge in [0.15, 0.2) is 0 Å². The fourth-order valence-electron chi connectivity index (χ4n) is 2.37. The van der Waals surface area contributed by atoms with Crippen LogP contribution in [0.15, 0.2) is 27.4 Å². The normalized spacial score (nSPS) is 11.0. The van der Waals surface area contributed by atoms with Crippen LogP contribution >= 0.6 is 0 Å². The second kappa shape index (κ2) is 7.81. The van der Waals surface area contributed by atoms with Gasteiger partial charge in [0, 0.05) is 0 Å². The van der Waals surface area contributed by atoms with E-state index in [1.54, 1.807) is 6.07 Å². The number of fused-ring (bicyclic) bond motifs is 1. The monoisotopic (exact) mass is 289 g/mol. The summed E-state index contributed by atoms with van der Waals surface area (Å²) in [5, 5.41) is 0.532. The summed E-state index contributed by atoms with van der Waals surface area (Å²) >= 11 is 0. The highest BCUT2D eigenvalue weighted by molar-refractivity contribution is 5.80. The SMILES string of the molecule is CCCCCCCCOc1nc2cccc(C)c2c(=O)o1. The molecule has 0 aliphatic carbocycles. The first-order chi connectivity index (χ1) is 10.2. The Morgan fingerprint density at radius 3 is 2.71 bits per heavy atom. The molecule has 0 aliphatic heterocycles. The lowest BCUT2D eigenvalue weighted by atomic mass is 10.1. The molecule has 0 spiro atoms. The summed E-state index contributed by atoms with van der Waals surface area (Å²) < 4.78 is 10.6. The third-order valence-electron chi connectivity index (χ3n) is 3.57. The minimum atomic E-state index is -0.379. The molecule has 0 bridgehead atoms. The zero-order chi connectivity index (χ0) is 15.1. The van der Waals surface area contributed by atoms with Gasteiger partial charge in [-0.1, -0.05) is 51.2 Å². The lowest BCUT2D eigenvalue weighted by Gasteiger charge is -2.05. The largest absolute Gasteiger partial charge is 0.450 e. The highest BCUT2D eigenvalue weighted by atomic mass is 16.6. The maximum Gasteiger partial charge on any atom is 0.397 e. The number of hydrogen-bond donors (Lipinski definition) is 0. The van der Waals surface area contributed by atoms with E-state index in [0.717, 1.165) is 18.4 Å². The van der Waals surface area contributed by atoms with Gasteiger partial charge in [0.05, 0.1) is 17.5 Å². The smallest absolute Gasteiger partial charge is 0.397 e.